The van der Waals surface area contributed by atoms with Gasteiger partial charge < -0.3 is 4.74 Å². The molecule has 3 rings (SSSR count). The molecule has 2 heterocycles. The summed E-state index contributed by atoms with van der Waals surface area (Å²) in [6, 6.07) is 8.38. The van der Waals surface area contributed by atoms with E-state index in [0.29, 0.717) is 0 Å². The molecule has 3 N–H and O–H groups in total. The van der Waals surface area contributed by atoms with E-state index in [1.54, 1.807) is 0 Å². The molecule has 5 nitrogen and oxygen atoms in total. The lowest BCUT2D eigenvalue weighted by atomic mass is 10.0. The highest BCUT2D eigenvalue weighted by Gasteiger charge is 2.25. The molecule has 0 amide bonds. The molecule has 0 saturated carbocycles. The van der Waals surface area contributed by atoms with Crippen LogP contribution in [-0.2, 0) is 18.2 Å². The number of nitrogens with zero attached hydrogens (tertiary/aromatic N) is 2. The molecule has 0 radical (unpaired) electrons. The zero-order chi connectivity index (χ0) is 13.9. The highest BCUT2D eigenvalue weighted by atomic mass is 32.2. The lowest BCUT2D eigenvalue weighted by Crippen LogP contribution is -2.49. The summed E-state index contributed by atoms with van der Waals surface area (Å²) < 4.78 is 7.75. The maximum absolute atomic E-state index is 5.82. The molecule has 108 valence electrons. The number of thioether (sulfide) groups is 1. The second-order valence-electron chi connectivity index (χ2n) is 5.05. The van der Waals surface area contributed by atoms with Crippen LogP contribution in [0.1, 0.15) is 5.69 Å². The lowest BCUT2D eigenvalue weighted by molar-refractivity contribution is 0.0470. The highest BCUT2D eigenvalue weighted by Crippen LogP contribution is 2.22. The third kappa shape index (κ3) is 2.69. The summed E-state index contributed by atoms with van der Waals surface area (Å²) in [6.07, 6.45) is 0.933. The number of hydrogen-bond acceptors (Lipinski definition) is 5. The van der Waals surface area contributed by atoms with E-state index in [2.05, 4.69) is 22.7 Å². The number of hydrazine groups is 1. The molecule has 2 unspecified atom stereocenters. The molecule has 1 aliphatic rings. The highest BCUT2D eigenvalue weighted by molar-refractivity contribution is 7.99. The van der Waals surface area contributed by atoms with E-state index in [4.69, 9.17) is 10.6 Å². The average molecular weight is 292 g/mol. The summed E-state index contributed by atoms with van der Waals surface area (Å²) in [5.41, 5.74) is 5.13. The van der Waals surface area contributed by atoms with Crippen molar-refractivity contribution in [3.8, 4) is 0 Å². The van der Waals surface area contributed by atoms with Crippen molar-refractivity contribution in [1.82, 2.24) is 15.2 Å². The van der Waals surface area contributed by atoms with E-state index < -0.39 is 0 Å². The molecule has 0 aliphatic carbocycles. The first-order chi connectivity index (χ1) is 9.79. The number of nitrogens with two attached hydrogens (primary N) is 1. The Morgan fingerprint density at radius 3 is 3.15 bits per heavy atom. The van der Waals surface area contributed by atoms with Gasteiger partial charge in [-0.3, -0.25) is 16.0 Å². The second kappa shape index (κ2) is 6.13. The van der Waals surface area contributed by atoms with Crippen molar-refractivity contribution in [1.29, 1.82) is 0 Å². The number of ether oxygens (including phenoxy) is 1. The predicted octanol–water partition coefficient (Wildman–Crippen LogP) is 1.08. The fourth-order valence-corrected chi connectivity index (χ4v) is 3.63. The zero-order valence-electron chi connectivity index (χ0n) is 11.6. The minimum Gasteiger partial charge on any atom is -0.375 e. The molecule has 2 aromatic rings. The minimum absolute atomic E-state index is 0.0982. The van der Waals surface area contributed by atoms with Gasteiger partial charge >= 0.3 is 0 Å². The van der Waals surface area contributed by atoms with Crippen molar-refractivity contribution in [2.75, 3.05) is 18.1 Å². The van der Waals surface area contributed by atoms with Gasteiger partial charge in [0, 0.05) is 30.4 Å². The number of hydrogen-bond donors (Lipinski definition) is 2. The van der Waals surface area contributed by atoms with Crippen LogP contribution in [0.4, 0.5) is 0 Å². The van der Waals surface area contributed by atoms with Crippen LogP contribution in [0.15, 0.2) is 24.3 Å². The fourth-order valence-electron chi connectivity index (χ4n) is 2.68. The number of aromatic nitrogens is 2. The first-order valence-corrected chi connectivity index (χ1v) is 8.01. The summed E-state index contributed by atoms with van der Waals surface area (Å²) in [5.74, 6) is 7.78. The van der Waals surface area contributed by atoms with E-state index in [-0.39, 0.29) is 12.1 Å². The molecular weight excluding hydrogens is 272 g/mol. The largest absolute Gasteiger partial charge is 0.375 e. The lowest BCUT2D eigenvalue weighted by Gasteiger charge is -2.29. The first-order valence-electron chi connectivity index (χ1n) is 6.85. The van der Waals surface area contributed by atoms with E-state index in [1.807, 2.05) is 35.6 Å². The van der Waals surface area contributed by atoms with Crippen LogP contribution in [0, 0.1) is 0 Å². The van der Waals surface area contributed by atoms with Crippen LogP contribution < -0.4 is 11.3 Å². The molecule has 20 heavy (non-hydrogen) atoms. The van der Waals surface area contributed by atoms with Crippen molar-refractivity contribution in [2.45, 2.75) is 18.6 Å². The molecule has 2 atom stereocenters. The Hall–Kier alpha value is -1.08. The molecule has 6 heteroatoms. The smallest absolute Gasteiger partial charge is 0.0835 e. The van der Waals surface area contributed by atoms with Crippen molar-refractivity contribution in [2.24, 2.45) is 12.9 Å². The number of rotatable bonds is 4. The Morgan fingerprint density at radius 1 is 1.55 bits per heavy atom. The van der Waals surface area contributed by atoms with Crippen LogP contribution in [-0.4, -0.2) is 40.0 Å². The summed E-state index contributed by atoms with van der Waals surface area (Å²) in [4.78, 5) is 0. The Bertz CT molecular complexity index is 580. The van der Waals surface area contributed by atoms with Gasteiger partial charge in [0.25, 0.3) is 0 Å². The maximum Gasteiger partial charge on any atom is 0.0835 e. The third-order valence-electron chi connectivity index (χ3n) is 3.75. The summed E-state index contributed by atoms with van der Waals surface area (Å²) in [6.45, 7) is 0.802. The number of nitrogens with one attached hydrogen (secondary N) is 1. The standard InChI is InChI=1S/C14H20N4OS/c1-18-13-5-3-2-4-10(13)11(17-18)8-12(16-15)14-9-20-7-6-19-14/h2-5,12,14,16H,6-9,15H2,1H3. The Labute approximate surface area is 122 Å². The number of para-hydroxylation sites is 1. The fraction of sp³-hybridized carbons (Fsp3) is 0.500. The number of benzene rings is 1. The van der Waals surface area contributed by atoms with Crippen molar-refractivity contribution < 1.29 is 4.74 Å². The van der Waals surface area contributed by atoms with Gasteiger partial charge in [-0.15, -0.1) is 0 Å². The molecular formula is C14H20N4OS. The van der Waals surface area contributed by atoms with Crippen LogP contribution in [0.3, 0.4) is 0 Å². The van der Waals surface area contributed by atoms with E-state index in [1.165, 1.54) is 5.39 Å². The van der Waals surface area contributed by atoms with Gasteiger partial charge in [-0.1, -0.05) is 18.2 Å². The van der Waals surface area contributed by atoms with Crippen LogP contribution >= 0.6 is 11.8 Å². The summed E-state index contributed by atoms with van der Waals surface area (Å²) in [7, 11) is 1.98. The van der Waals surface area contributed by atoms with Crippen molar-refractivity contribution >= 4 is 22.7 Å². The monoisotopic (exact) mass is 292 g/mol. The van der Waals surface area contributed by atoms with Crippen LogP contribution in [0.25, 0.3) is 10.9 Å². The minimum atomic E-state index is 0.0982. The SMILES string of the molecule is Cn1nc(CC(NN)C2CSCCO2)c2ccccc21. The van der Waals surface area contributed by atoms with E-state index >= 15 is 0 Å². The average Bonchev–Trinajstić information content (AvgIpc) is 2.82. The van der Waals surface area contributed by atoms with Gasteiger partial charge in [0.05, 0.1) is 30.0 Å². The molecule has 1 aliphatic heterocycles. The Kier molecular flexibility index (Phi) is 4.26. The van der Waals surface area contributed by atoms with Crippen molar-refractivity contribution in [3.63, 3.8) is 0 Å². The summed E-state index contributed by atoms with van der Waals surface area (Å²) >= 11 is 1.92. The van der Waals surface area contributed by atoms with Gasteiger partial charge in [-0.2, -0.15) is 16.9 Å². The molecule has 1 saturated heterocycles. The molecule has 1 aromatic heterocycles. The van der Waals surface area contributed by atoms with Crippen molar-refractivity contribution in [3.05, 3.63) is 30.0 Å². The summed E-state index contributed by atoms with van der Waals surface area (Å²) in [5, 5.41) is 5.82. The number of aryl methyl sites for hydroxylation is 1. The first kappa shape index (κ1) is 13.9. The van der Waals surface area contributed by atoms with Gasteiger partial charge in [-0.05, 0) is 6.07 Å². The van der Waals surface area contributed by atoms with Gasteiger partial charge in [-0.25, -0.2) is 0 Å². The molecule has 0 bridgehead atoms. The molecule has 1 fully saturated rings. The maximum atomic E-state index is 5.82. The second-order valence-corrected chi connectivity index (χ2v) is 6.20. The zero-order valence-corrected chi connectivity index (χ0v) is 12.4. The Morgan fingerprint density at radius 2 is 2.40 bits per heavy atom. The normalized spacial score (nSPS) is 21.2. The molecule has 1 aromatic carbocycles. The van der Waals surface area contributed by atoms with Crippen LogP contribution in [0.2, 0.25) is 0 Å². The topological polar surface area (TPSA) is 65.1 Å². The number of fused-ring (bicyclic) bond motifs is 1. The predicted molar refractivity (Wildman–Crippen MR) is 82.6 cm³/mol. The third-order valence-corrected chi connectivity index (χ3v) is 4.77. The van der Waals surface area contributed by atoms with E-state index in [0.717, 1.165) is 35.7 Å². The van der Waals surface area contributed by atoms with Crippen LogP contribution in [0.5, 0.6) is 0 Å². The van der Waals surface area contributed by atoms with Gasteiger partial charge in [0.1, 0.15) is 0 Å². The van der Waals surface area contributed by atoms with Gasteiger partial charge in [0.15, 0.2) is 0 Å². The van der Waals surface area contributed by atoms with E-state index in [9.17, 15) is 0 Å². The Balaban J connectivity index is 1.83. The van der Waals surface area contributed by atoms with Gasteiger partial charge in [0.2, 0.25) is 0 Å². The quantitative estimate of drug-likeness (QED) is 0.652. The molecule has 0 spiro atoms.